The van der Waals surface area contributed by atoms with Gasteiger partial charge in [0.15, 0.2) is 0 Å². The molecule has 0 radical (unpaired) electrons. The number of rotatable bonds is 5. The number of halogens is 4. The normalized spacial score (nSPS) is 16.3. The molecule has 0 unspecified atom stereocenters. The SMILES string of the molecule is C[C@H](NS(=O)(=O)c1ccccc1C(F)(F)F)C(=O)N1CCN(c2ccc(Cl)cn2)CC1. The smallest absolute Gasteiger partial charge is 0.353 e. The van der Waals surface area contributed by atoms with Gasteiger partial charge in [-0.15, -0.1) is 0 Å². The Morgan fingerprint density at radius 1 is 1.13 bits per heavy atom. The lowest BCUT2D eigenvalue weighted by Gasteiger charge is -2.36. The maximum atomic E-state index is 13.2. The fourth-order valence-corrected chi connectivity index (χ4v) is 4.80. The Balaban J connectivity index is 1.65. The summed E-state index contributed by atoms with van der Waals surface area (Å²) in [6.45, 7) is 2.87. The van der Waals surface area contributed by atoms with Crippen molar-refractivity contribution in [3.05, 3.63) is 53.2 Å². The van der Waals surface area contributed by atoms with Crippen molar-refractivity contribution < 1.29 is 26.4 Å². The number of carbonyl (C=O) groups is 1. The molecule has 0 spiro atoms. The molecule has 1 aliphatic rings. The van der Waals surface area contributed by atoms with Crippen molar-refractivity contribution in [2.75, 3.05) is 31.1 Å². The third-order valence-corrected chi connectivity index (χ3v) is 6.63. The fourth-order valence-electron chi connectivity index (χ4n) is 3.27. The lowest BCUT2D eigenvalue weighted by molar-refractivity contribution is -0.139. The number of amides is 1. The summed E-state index contributed by atoms with van der Waals surface area (Å²) >= 11 is 5.83. The third-order valence-electron chi connectivity index (χ3n) is 4.81. The van der Waals surface area contributed by atoms with Gasteiger partial charge in [0.2, 0.25) is 15.9 Å². The molecular weight excluding hydrogens is 457 g/mol. The van der Waals surface area contributed by atoms with E-state index in [2.05, 4.69) is 9.71 Å². The molecule has 0 aliphatic carbocycles. The summed E-state index contributed by atoms with van der Waals surface area (Å²) in [5.74, 6) is 0.186. The Labute approximate surface area is 182 Å². The van der Waals surface area contributed by atoms with E-state index in [9.17, 15) is 26.4 Å². The van der Waals surface area contributed by atoms with Gasteiger partial charge in [-0.2, -0.15) is 17.9 Å². The van der Waals surface area contributed by atoms with Crippen LogP contribution in [0.3, 0.4) is 0 Å². The topological polar surface area (TPSA) is 82.6 Å². The van der Waals surface area contributed by atoms with E-state index in [1.807, 2.05) is 4.90 Å². The van der Waals surface area contributed by atoms with E-state index in [1.54, 1.807) is 12.1 Å². The number of alkyl halides is 3. The highest BCUT2D eigenvalue weighted by molar-refractivity contribution is 7.89. The van der Waals surface area contributed by atoms with Gasteiger partial charge in [0.1, 0.15) is 5.82 Å². The monoisotopic (exact) mass is 476 g/mol. The van der Waals surface area contributed by atoms with E-state index in [4.69, 9.17) is 11.6 Å². The highest BCUT2D eigenvalue weighted by Crippen LogP contribution is 2.34. The zero-order valence-electron chi connectivity index (χ0n) is 16.4. The molecule has 1 aliphatic heterocycles. The largest absolute Gasteiger partial charge is 0.417 e. The van der Waals surface area contributed by atoms with Crippen LogP contribution in [0.2, 0.25) is 5.02 Å². The van der Waals surface area contributed by atoms with Crippen LogP contribution in [-0.4, -0.2) is 56.4 Å². The molecule has 1 fully saturated rings. The van der Waals surface area contributed by atoms with Crippen molar-refractivity contribution in [2.45, 2.75) is 24.0 Å². The quantitative estimate of drug-likeness (QED) is 0.717. The Hall–Kier alpha value is -2.37. The summed E-state index contributed by atoms with van der Waals surface area (Å²) < 4.78 is 66.7. The van der Waals surface area contributed by atoms with Gasteiger partial charge >= 0.3 is 6.18 Å². The first kappa shape index (κ1) is 23.3. The van der Waals surface area contributed by atoms with Crippen LogP contribution >= 0.6 is 11.6 Å². The van der Waals surface area contributed by atoms with Crippen LogP contribution < -0.4 is 9.62 Å². The number of sulfonamides is 1. The molecule has 1 amide bonds. The molecule has 31 heavy (non-hydrogen) atoms. The van der Waals surface area contributed by atoms with Gasteiger partial charge in [0, 0.05) is 32.4 Å². The molecule has 12 heteroatoms. The van der Waals surface area contributed by atoms with E-state index < -0.39 is 38.6 Å². The van der Waals surface area contributed by atoms with Gasteiger partial charge in [-0.3, -0.25) is 4.79 Å². The third kappa shape index (κ3) is 5.46. The molecule has 2 aromatic rings. The lowest BCUT2D eigenvalue weighted by Crippen LogP contribution is -2.54. The Bertz CT molecular complexity index is 1040. The average Bonchev–Trinajstić information content (AvgIpc) is 2.73. The lowest BCUT2D eigenvalue weighted by atomic mass is 10.2. The van der Waals surface area contributed by atoms with Crippen LogP contribution in [0, 0.1) is 0 Å². The predicted molar refractivity (Wildman–Crippen MR) is 109 cm³/mol. The molecule has 0 bridgehead atoms. The van der Waals surface area contributed by atoms with Crippen LogP contribution in [0.25, 0.3) is 0 Å². The molecule has 1 N–H and O–H groups in total. The average molecular weight is 477 g/mol. The summed E-state index contributed by atoms with van der Waals surface area (Å²) in [6, 6.07) is 6.08. The van der Waals surface area contributed by atoms with E-state index in [0.29, 0.717) is 43.1 Å². The summed E-state index contributed by atoms with van der Waals surface area (Å²) in [6.07, 6.45) is -3.32. The Morgan fingerprint density at radius 3 is 2.35 bits per heavy atom. The summed E-state index contributed by atoms with van der Waals surface area (Å²) in [5.41, 5.74) is -1.29. The fraction of sp³-hybridized carbons (Fsp3) is 0.368. The predicted octanol–water partition coefficient (Wildman–Crippen LogP) is 2.77. The Kier molecular flexibility index (Phi) is 6.77. The molecule has 1 aromatic heterocycles. The van der Waals surface area contributed by atoms with Crippen molar-refractivity contribution in [1.82, 2.24) is 14.6 Å². The van der Waals surface area contributed by atoms with Crippen molar-refractivity contribution in [2.24, 2.45) is 0 Å². The maximum absolute atomic E-state index is 13.2. The number of hydrogen-bond acceptors (Lipinski definition) is 5. The zero-order valence-corrected chi connectivity index (χ0v) is 18.0. The van der Waals surface area contributed by atoms with Crippen molar-refractivity contribution in [3.8, 4) is 0 Å². The first-order valence-corrected chi connectivity index (χ1v) is 11.2. The number of nitrogens with zero attached hydrogens (tertiary/aromatic N) is 3. The summed E-state index contributed by atoms with van der Waals surface area (Å²) in [4.78, 5) is 19.4. The Morgan fingerprint density at radius 2 is 1.77 bits per heavy atom. The van der Waals surface area contributed by atoms with Gasteiger partial charge in [-0.05, 0) is 31.2 Å². The number of pyridine rings is 1. The van der Waals surface area contributed by atoms with E-state index in [-0.39, 0.29) is 0 Å². The second-order valence-electron chi connectivity index (χ2n) is 6.98. The molecule has 7 nitrogen and oxygen atoms in total. The van der Waals surface area contributed by atoms with Gasteiger partial charge in [-0.1, -0.05) is 23.7 Å². The number of benzene rings is 1. The molecule has 0 saturated carbocycles. The standard InChI is InChI=1S/C19H20ClF3N4O3S/c1-13(25-31(29,30)16-5-3-2-4-15(16)19(21,22)23)18(28)27-10-8-26(9-11-27)17-7-6-14(20)12-24-17/h2-7,12-13,25H,8-11H2,1H3/t13-/m0/s1. The first-order valence-electron chi connectivity index (χ1n) is 9.33. The molecule has 2 heterocycles. The van der Waals surface area contributed by atoms with Gasteiger partial charge in [0.25, 0.3) is 0 Å². The van der Waals surface area contributed by atoms with Crippen LogP contribution in [0.5, 0.6) is 0 Å². The number of piperazine rings is 1. The van der Waals surface area contributed by atoms with E-state index in [0.717, 1.165) is 12.1 Å². The van der Waals surface area contributed by atoms with Gasteiger partial charge in [-0.25, -0.2) is 13.4 Å². The minimum absolute atomic E-state index is 0.314. The van der Waals surface area contributed by atoms with Crippen LogP contribution in [0.4, 0.5) is 19.0 Å². The summed E-state index contributed by atoms with van der Waals surface area (Å²) in [5, 5.41) is 0.505. The van der Waals surface area contributed by atoms with Gasteiger partial charge < -0.3 is 9.80 Å². The minimum atomic E-state index is -4.84. The molecular formula is C19H20ClF3N4O3S. The highest BCUT2D eigenvalue weighted by Gasteiger charge is 2.38. The molecule has 1 saturated heterocycles. The summed E-state index contributed by atoms with van der Waals surface area (Å²) in [7, 11) is -4.57. The van der Waals surface area contributed by atoms with E-state index >= 15 is 0 Å². The molecule has 1 aromatic carbocycles. The van der Waals surface area contributed by atoms with Crippen molar-refractivity contribution >= 4 is 33.3 Å². The van der Waals surface area contributed by atoms with Crippen molar-refractivity contribution in [3.63, 3.8) is 0 Å². The number of hydrogen-bond donors (Lipinski definition) is 1. The number of nitrogens with one attached hydrogen (secondary N) is 1. The number of anilines is 1. The maximum Gasteiger partial charge on any atom is 0.417 e. The second kappa shape index (κ2) is 9.01. The van der Waals surface area contributed by atoms with E-state index in [1.165, 1.54) is 24.1 Å². The zero-order chi connectivity index (χ0) is 22.8. The van der Waals surface area contributed by atoms with Crippen LogP contribution in [0.1, 0.15) is 12.5 Å². The number of aromatic nitrogens is 1. The molecule has 3 rings (SSSR count). The first-order chi connectivity index (χ1) is 14.5. The molecule has 1 atom stereocenters. The second-order valence-corrected chi connectivity index (χ2v) is 9.10. The number of carbonyl (C=O) groups excluding carboxylic acids is 1. The highest BCUT2D eigenvalue weighted by atomic mass is 35.5. The van der Waals surface area contributed by atoms with Gasteiger partial charge in [0.05, 0.1) is 21.5 Å². The van der Waals surface area contributed by atoms with Crippen molar-refractivity contribution in [1.29, 1.82) is 0 Å². The molecule has 168 valence electrons. The van der Waals surface area contributed by atoms with Crippen LogP contribution in [0.15, 0.2) is 47.5 Å². The minimum Gasteiger partial charge on any atom is -0.353 e. The van der Waals surface area contributed by atoms with Crippen LogP contribution in [-0.2, 0) is 21.0 Å².